The third-order valence-electron chi connectivity index (χ3n) is 5.24. The van der Waals surface area contributed by atoms with Crippen molar-refractivity contribution in [2.75, 3.05) is 12.0 Å². The Balaban J connectivity index is 2.11. The molecule has 0 N–H and O–H groups in total. The average molecular weight is 375 g/mol. The van der Waals surface area contributed by atoms with Crippen molar-refractivity contribution < 1.29 is 14.3 Å². The Morgan fingerprint density at radius 3 is 2.29 bits per heavy atom. The summed E-state index contributed by atoms with van der Waals surface area (Å²) in [6, 6.07) is 13.8. The van der Waals surface area contributed by atoms with Gasteiger partial charge in [0.25, 0.3) is 5.91 Å². The van der Waals surface area contributed by atoms with E-state index in [4.69, 9.17) is 4.74 Å². The molecule has 0 aromatic heterocycles. The summed E-state index contributed by atoms with van der Waals surface area (Å²) in [5.74, 6) is -0.727. The molecule has 1 aliphatic rings. The number of ether oxygens (including phenoxy) is 1. The van der Waals surface area contributed by atoms with E-state index < -0.39 is 5.97 Å². The lowest BCUT2D eigenvalue weighted by Crippen LogP contribution is -2.24. The van der Waals surface area contributed by atoms with Gasteiger partial charge in [0.2, 0.25) is 0 Å². The summed E-state index contributed by atoms with van der Waals surface area (Å²) in [6.07, 6.45) is 2.71. The van der Waals surface area contributed by atoms with Crippen molar-refractivity contribution >= 4 is 23.6 Å². The maximum Gasteiger partial charge on any atom is 0.340 e. The van der Waals surface area contributed by atoms with Gasteiger partial charge in [0, 0.05) is 11.4 Å². The van der Waals surface area contributed by atoms with Crippen LogP contribution in [0.1, 0.15) is 36.1 Å². The van der Waals surface area contributed by atoms with Crippen LogP contribution in [0.3, 0.4) is 0 Å². The topological polar surface area (TPSA) is 46.6 Å². The maximum atomic E-state index is 13.3. The summed E-state index contributed by atoms with van der Waals surface area (Å²) >= 11 is 0. The lowest BCUT2D eigenvalue weighted by Gasteiger charge is -2.19. The van der Waals surface area contributed by atoms with Gasteiger partial charge in [-0.15, -0.1) is 0 Å². The van der Waals surface area contributed by atoms with Crippen LogP contribution in [0, 0.1) is 13.8 Å². The van der Waals surface area contributed by atoms with Crippen LogP contribution in [-0.2, 0) is 20.7 Å². The van der Waals surface area contributed by atoms with Crippen LogP contribution in [0.2, 0.25) is 0 Å². The molecule has 1 amide bonds. The first-order chi connectivity index (χ1) is 13.4. The van der Waals surface area contributed by atoms with Gasteiger partial charge >= 0.3 is 5.97 Å². The normalized spacial score (nSPS) is 15.5. The molecule has 4 nitrogen and oxygen atoms in total. The lowest BCUT2D eigenvalue weighted by atomic mass is 10.0. The number of amides is 1. The third-order valence-corrected chi connectivity index (χ3v) is 5.24. The molecule has 2 aromatic rings. The molecule has 1 heterocycles. The number of hydrogen-bond donors (Lipinski definition) is 0. The number of methoxy groups -OCH3 is 1. The summed E-state index contributed by atoms with van der Waals surface area (Å²) < 4.78 is 4.97. The van der Waals surface area contributed by atoms with E-state index in [0.29, 0.717) is 16.8 Å². The fraction of sp³-hybridized carbons (Fsp3) is 0.250. The first kappa shape index (κ1) is 19.6. The first-order valence-electron chi connectivity index (χ1n) is 9.39. The number of aryl methyl sites for hydroxylation is 3. The molecular weight excluding hydrogens is 350 g/mol. The Bertz CT molecular complexity index is 997. The van der Waals surface area contributed by atoms with E-state index in [1.165, 1.54) is 12.7 Å². The van der Waals surface area contributed by atoms with Crippen LogP contribution in [-0.4, -0.2) is 19.0 Å². The predicted octanol–water partition coefficient (Wildman–Crippen LogP) is 4.74. The molecule has 144 valence electrons. The van der Waals surface area contributed by atoms with E-state index in [0.717, 1.165) is 28.8 Å². The van der Waals surface area contributed by atoms with Gasteiger partial charge in [-0.2, -0.15) is 0 Å². The number of carbonyl (C=O) groups excluding carboxylic acids is 2. The average Bonchev–Trinajstić information content (AvgIpc) is 2.94. The molecule has 2 aromatic carbocycles. The van der Waals surface area contributed by atoms with Gasteiger partial charge < -0.3 is 4.74 Å². The van der Waals surface area contributed by atoms with Gasteiger partial charge in [-0.3, -0.25) is 9.69 Å². The molecular formula is C24H25NO3. The quantitative estimate of drug-likeness (QED) is 0.573. The van der Waals surface area contributed by atoms with Crippen molar-refractivity contribution in [1.82, 2.24) is 0 Å². The van der Waals surface area contributed by atoms with Crippen molar-refractivity contribution in [2.45, 2.75) is 34.1 Å². The highest BCUT2D eigenvalue weighted by molar-refractivity contribution is 6.23. The van der Waals surface area contributed by atoms with Crippen molar-refractivity contribution in [3.05, 3.63) is 81.6 Å². The van der Waals surface area contributed by atoms with Gasteiger partial charge in [-0.25, -0.2) is 4.79 Å². The number of hydrogen-bond acceptors (Lipinski definition) is 3. The van der Waals surface area contributed by atoms with Crippen LogP contribution in [0.5, 0.6) is 0 Å². The molecule has 4 heteroatoms. The standard InChI is InChI=1S/C24H25NO3/c1-6-18-8-10-19(11-9-18)14-21-22(24(27)28-5)17(4)25(23(21)26)20-12-7-15(2)16(3)13-20/h7-14H,6H2,1-5H3/b21-14-. The van der Waals surface area contributed by atoms with E-state index in [9.17, 15) is 9.59 Å². The highest BCUT2D eigenvalue weighted by Crippen LogP contribution is 2.36. The molecule has 3 rings (SSSR count). The summed E-state index contributed by atoms with van der Waals surface area (Å²) in [5.41, 5.74) is 6.32. The summed E-state index contributed by atoms with van der Waals surface area (Å²) in [4.78, 5) is 27.3. The van der Waals surface area contributed by atoms with Gasteiger partial charge in [-0.05, 0) is 67.7 Å². The summed E-state index contributed by atoms with van der Waals surface area (Å²) in [7, 11) is 1.33. The van der Waals surface area contributed by atoms with Gasteiger partial charge in [-0.1, -0.05) is 37.3 Å². The van der Waals surface area contributed by atoms with Crippen LogP contribution in [0.25, 0.3) is 6.08 Å². The molecule has 0 aliphatic carbocycles. The highest BCUT2D eigenvalue weighted by Gasteiger charge is 2.37. The van der Waals surface area contributed by atoms with E-state index in [2.05, 4.69) is 6.92 Å². The molecule has 0 saturated heterocycles. The number of carbonyl (C=O) groups is 2. The third kappa shape index (κ3) is 3.50. The van der Waals surface area contributed by atoms with Crippen molar-refractivity contribution in [3.63, 3.8) is 0 Å². The van der Waals surface area contributed by atoms with Crippen LogP contribution in [0.4, 0.5) is 5.69 Å². The number of esters is 1. The van der Waals surface area contributed by atoms with E-state index in [-0.39, 0.29) is 5.91 Å². The van der Waals surface area contributed by atoms with Crippen LogP contribution < -0.4 is 4.90 Å². The number of allylic oxidation sites excluding steroid dienone is 1. The highest BCUT2D eigenvalue weighted by atomic mass is 16.5. The van der Waals surface area contributed by atoms with Gasteiger partial charge in [0.15, 0.2) is 0 Å². The number of rotatable bonds is 4. The van der Waals surface area contributed by atoms with E-state index >= 15 is 0 Å². The fourth-order valence-corrected chi connectivity index (χ4v) is 3.37. The minimum Gasteiger partial charge on any atom is -0.465 e. The fourth-order valence-electron chi connectivity index (χ4n) is 3.37. The molecule has 0 unspecified atom stereocenters. The van der Waals surface area contributed by atoms with E-state index in [1.54, 1.807) is 17.9 Å². The van der Waals surface area contributed by atoms with Gasteiger partial charge in [0.05, 0.1) is 18.3 Å². The molecule has 0 atom stereocenters. The molecule has 0 fully saturated rings. The van der Waals surface area contributed by atoms with Crippen LogP contribution in [0.15, 0.2) is 59.3 Å². The minimum atomic E-state index is -0.506. The Morgan fingerprint density at radius 2 is 1.71 bits per heavy atom. The zero-order valence-corrected chi connectivity index (χ0v) is 17.0. The summed E-state index contributed by atoms with van der Waals surface area (Å²) in [5, 5.41) is 0. The molecule has 0 spiro atoms. The largest absolute Gasteiger partial charge is 0.465 e. The lowest BCUT2D eigenvalue weighted by molar-refractivity contribution is -0.136. The minimum absolute atomic E-state index is 0.222. The summed E-state index contributed by atoms with van der Waals surface area (Å²) in [6.45, 7) is 7.90. The molecule has 28 heavy (non-hydrogen) atoms. The SMILES string of the molecule is CCc1ccc(/C=C2\C(=O)N(c3ccc(C)c(C)c3)C(C)=C2C(=O)OC)cc1. The number of nitrogens with zero attached hydrogens (tertiary/aromatic N) is 1. The zero-order chi connectivity index (χ0) is 20.4. The van der Waals surface area contributed by atoms with Crippen molar-refractivity contribution in [2.24, 2.45) is 0 Å². The second-order valence-corrected chi connectivity index (χ2v) is 7.01. The Hall–Kier alpha value is -3.14. The van der Waals surface area contributed by atoms with Gasteiger partial charge in [0.1, 0.15) is 0 Å². The van der Waals surface area contributed by atoms with Crippen molar-refractivity contribution in [3.8, 4) is 0 Å². The molecule has 0 radical (unpaired) electrons. The number of benzene rings is 2. The first-order valence-corrected chi connectivity index (χ1v) is 9.39. The van der Waals surface area contributed by atoms with Crippen molar-refractivity contribution in [1.29, 1.82) is 0 Å². The smallest absolute Gasteiger partial charge is 0.340 e. The predicted molar refractivity (Wildman–Crippen MR) is 112 cm³/mol. The maximum absolute atomic E-state index is 13.3. The second-order valence-electron chi connectivity index (χ2n) is 7.01. The Kier molecular flexibility index (Phi) is 5.50. The van der Waals surface area contributed by atoms with Crippen LogP contribution >= 0.6 is 0 Å². The van der Waals surface area contributed by atoms with E-state index in [1.807, 2.05) is 56.3 Å². The molecule has 1 aliphatic heterocycles. The molecule has 0 saturated carbocycles. The zero-order valence-electron chi connectivity index (χ0n) is 17.0. The Labute approximate surface area is 166 Å². The Morgan fingerprint density at radius 1 is 1.04 bits per heavy atom. The monoisotopic (exact) mass is 375 g/mol. The number of anilines is 1. The molecule has 0 bridgehead atoms. The second kappa shape index (κ2) is 7.85.